The van der Waals surface area contributed by atoms with Crippen LogP contribution in [0.25, 0.3) is 10.2 Å². The van der Waals surface area contributed by atoms with E-state index in [2.05, 4.69) is 20.3 Å². The minimum absolute atomic E-state index is 0.210. The van der Waals surface area contributed by atoms with Crippen molar-refractivity contribution < 1.29 is 9.53 Å². The molecule has 2 heterocycles. The largest absolute Gasteiger partial charge is 0.464 e. The fourth-order valence-electron chi connectivity index (χ4n) is 1.78. The Balaban J connectivity index is 1.75. The average molecular weight is 300 g/mol. The Morgan fingerprint density at radius 2 is 2.10 bits per heavy atom. The highest BCUT2D eigenvalue weighted by molar-refractivity contribution is 7.16. The van der Waals surface area contributed by atoms with E-state index in [0.717, 1.165) is 10.2 Å². The van der Waals surface area contributed by atoms with E-state index in [1.54, 1.807) is 11.6 Å². The summed E-state index contributed by atoms with van der Waals surface area (Å²) < 4.78 is 6.13. The first-order valence-corrected chi connectivity index (χ1v) is 7.23. The lowest BCUT2D eigenvalue weighted by Crippen LogP contribution is -2.12. The SMILES string of the molecule is CCOc1ncc(NC(=O)c2ccc3ncsc3c2)cn1. The predicted molar refractivity (Wildman–Crippen MR) is 80.8 cm³/mol. The van der Waals surface area contributed by atoms with E-state index in [1.807, 2.05) is 19.1 Å². The van der Waals surface area contributed by atoms with Crippen LogP contribution in [0.5, 0.6) is 6.01 Å². The monoisotopic (exact) mass is 300 g/mol. The van der Waals surface area contributed by atoms with Gasteiger partial charge in [-0.15, -0.1) is 11.3 Å². The highest BCUT2D eigenvalue weighted by Crippen LogP contribution is 2.19. The summed E-state index contributed by atoms with van der Waals surface area (Å²) in [5.41, 5.74) is 3.74. The third-order valence-corrected chi connectivity index (χ3v) is 3.54. The Bertz CT molecular complexity index is 770. The summed E-state index contributed by atoms with van der Waals surface area (Å²) in [4.78, 5) is 24.4. The number of benzene rings is 1. The van der Waals surface area contributed by atoms with Crippen molar-refractivity contribution >= 4 is 33.1 Å². The summed E-state index contributed by atoms with van der Waals surface area (Å²) in [5, 5.41) is 2.75. The minimum atomic E-state index is -0.210. The molecule has 0 aliphatic carbocycles. The standard InChI is InChI=1S/C14H12N4O2S/c1-2-20-14-15-6-10(7-16-14)18-13(19)9-3-4-11-12(5-9)21-8-17-11/h3-8H,2H2,1H3,(H,18,19). The molecule has 0 unspecified atom stereocenters. The molecule has 3 rings (SSSR count). The number of hydrogen-bond acceptors (Lipinski definition) is 6. The van der Waals surface area contributed by atoms with Gasteiger partial charge in [-0.1, -0.05) is 0 Å². The topological polar surface area (TPSA) is 77.0 Å². The molecule has 3 aromatic rings. The first kappa shape index (κ1) is 13.4. The van der Waals surface area contributed by atoms with Gasteiger partial charge in [0.25, 0.3) is 5.91 Å². The number of nitrogens with one attached hydrogen (secondary N) is 1. The summed E-state index contributed by atoms with van der Waals surface area (Å²) in [6.07, 6.45) is 3.03. The second-order valence-corrected chi connectivity index (χ2v) is 5.06. The van der Waals surface area contributed by atoms with E-state index >= 15 is 0 Å². The molecule has 1 aromatic carbocycles. The lowest BCUT2D eigenvalue weighted by molar-refractivity contribution is 0.102. The summed E-state index contributed by atoms with van der Waals surface area (Å²) >= 11 is 1.50. The van der Waals surface area contributed by atoms with E-state index < -0.39 is 0 Å². The molecule has 0 aliphatic heterocycles. The maximum Gasteiger partial charge on any atom is 0.316 e. The summed E-state index contributed by atoms with van der Waals surface area (Å²) in [6.45, 7) is 2.36. The van der Waals surface area contributed by atoms with E-state index in [-0.39, 0.29) is 5.91 Å². The van der Waals surface area contributed by atoms with Crippen LogP contribution in [0.2, 0.25) is 0 Å². The fraction of sp³-hybridized carbons (Fsp3) is 0.143. The molecule has 1 amide bonds. The number of thiazole rings is 1. The Morgan fingerprint density at radius 1 is 1.29 bits per heavy atom. The molecular formula is C14H12N4O2S. The van der Waals surface area contributed by atoms with Crippen LogP contribution in [0.3, 0.4) is 0 Å². The molecule has 0 saturated carbocycles. The van der Waals surface area contributed by atoms with Crippen LogP contribution < -0.4 is 10.1 Å². The van der Waals surface area contributed by atoms with E-state index in [9.17, 15) is 4.79 Å². The maximum atomic E-state index is 12.2. The molecule has 106 valence electrons. The zero-order valence-corrected chi connectivity index (χ0v) is 12.1. The Morgan fingerprint density at radius 3 is 2.86 bits per heavy atom. The van der Waals surface area contributed by atoms with Crippen LogP contribution in [0.4, 0.5) is 5.69 Å². The van der Waals surface area contributed by atoms with Gasteiger partial charge in [-0.25, -0.2) is 15.0 Å². The number of rotatable bonds is 4. The number of anilines is 1. The number of carbonyl (C=O) groups is 1. The Labute approximate surface area is 124 Å². The third kappa shape index (κ3) is 2.97. The zero-order valence-electron chi connectivity index (χ0n) is 11.2. The fourth-order valence-corrected chi connectivity index (χ4v) is 2.50. The first-order valence-electron chi connectivity index (χ1n) is 6.35. The predicted octanol–water partition coefficient (Wildman–Crippen LogP) is 2.74. The third-order valence-electron chi connectivity index (χ3n) is 2.75. The zero-order chi connectivity index (χ0) is 14.7. The first-order chi connectivity index (χ1) is 10.3. The Kier molecular flexibility index (Phi) is 3.74. The maximum absolute atomic E-state index is 12.2. The van der Waals surface area contributed by atoms with Crippen LogP contribution in [0.1, 0.15) is 17.3 Å². The van der Waals surface area contributed by atoms with Gasteiger partial charge in [0.2, 0.25) is 0 Å². The number of hydrogen-bond donors (Lipinski definition) is 1. The highest BCUT2D eigenvalue weighted by Gasteiger charge is 2.08. The van der Waals surface area contributed by atoms with Gasteiger partial charge >= 0.3 is 6.01 Å². The second-order valence-electron chi connectivity index (χ2n) is 4.18. The van der Waals surface area contributed by atoms with Crippen molar-refractivity contribution in [2.24, 2.45) is 0 Å². The van der Waals surface area contributed by atoms with Crippen molar-refractivity contribution in [2.45, 2.75) is 6.92 Å². The molecule has 0 atom stereocenters. The summed E-state index contributed by atoms with van der Waals surface area (Å²) in [7, 11) is 0. The van der Waals surface area contributed by atoms with Crippen molar-refractivity contribution in [2.75, 3.05) is 11.9 Å². The van der Waals surface area contributed by atoms with Gasteiger partial charge in [-0.3, -0.25) is 4.79 Å². The molecule has 0 bridgehead atoms. The van der Waals surface area contributed by atoms with Crippen LogP contribution in [0.15, 0.2) is 36.1 Å². The molecule has 1 N–H and O–H groups in total. The van der Waals surface area contributed by atoms with Crippen LogP contribution in [-0.4, -0.2) is 27.5 Å². The van der Waals surface area contributed by atoms with Gasteiger partial charge in [-0.2, -0.15) is 0 Å². The second kappa shape index (κ2) is 5.84. The van der Waals surface area contributed by atoms with Crippen LogP contribution in [-0.2, 0) is 0 Å². The minimum Gasteiger partial charge on any atom is -0.464 e. The molecule has 6 nitrogen and oxygen atoms in total. The molecule has 0 saturated heterocycles. The smallest absolute Gasteiger partial charge is 0.316 e. The molecule has 7 heteroatoms. The number of aromatic nitrogens is 3. The lowest BCUT2D eigenvalue weighted by Gasteiger charge is -2.05. The number of nitrogens with zero attached hydrogens (tertiary/aromatic N) is 3. The van der Waals surface area contributed by atoms with E-state index in [0.29, 0.717) is 23.9 Å². The van der Waals surface area contributed by atoms with Crippen molar-refractivity contribution in [3.05, 3.63) is 41.7 Å². The van der Waals surface area contributed by atoms with E-state index in [1.165, 1.54) is 23.7 Å². The number of ether oxygens (including phenoxy) is 1. The number of carbonyl (C=O) groups excluding carboxylic acids is 1. The van der Waals surface area contributed by atoms with Crippen molar-refractivity contribution in [1.29, 1.82) is 0 Å². The molecule has 0 spiro atoms. The van der Waals surface area contributed by atoms with E-state index in [4.69, 9.17) is 4.74 Å². The van der Waals surface area contributed by atoms with Crippen molar-refractivity contribution in [3.8, 4) is 6.01 Å². The normalized spacial score (nSPS) is 10.5. The molecule has 0 aliphatic rings. The molecule has 0 fully saturated rings. The Hall–Kier alpha value is -2.54. The lowest BCUT2D eigenvalue weighted by atomic mass is 10.2. The van der Waals surface area contributed by atoms with Gasteiger partial charge in [-0.05, 0) is 25.1 Å². The van der Waals surface area contributed by atoms with Gasteiger partial charge in [0.05, 0.1) is 40.4 Å². The molecular weight excluding hydrogens is 288 g/mol. The van der Waals surface area contributed by atoms with Gasteiger partial charge < -0.3 is 10.1 Å². The number of amides is 1. The molecule has 21 heavy (non-hydrogen) atoms. The summed E-state index contributed by atoms with van der Waals surface area (Å²) in [5.74, 6) is -0.210. The van der Waals surface area contributed by atoms with Gasteiger partial charge in [0.1, 0.15) is 0 Å². The highest BCUT2D eigenvalue weighted by atomic mass is 32.1. The van der Waals surface area contributed by atoms with Crippen molar-refractivity contribution in [3.63, 3.8) is 0 Å². The van der Waals surface area contributed by atoms with Crippen LogP contribution >= 0.6 is 11.3 Å². The summed E-state index contributed by atoms with van der Waals surface area (Å²) in [6, 6.07) is 5.68. The van der Waals surface area contributed by atoms with Gasteiger partial charge in [0, 0.05) is 5.56 Å². The molecule has 2 aromatic heterocycles. The molecule has 0 radical (unpaired) electrons. The van der Waals surface area contributed by atoms with Crippen molar-refractivity contribution in [1.82, 2.24) is 15.0 Å². The number of fused-ring (bicyclic) bond motifs is 1. The quantitative estimate of drug-likeness (QED) is 0.801. The van der Waals surface area contributed by atoms with Gasteiger partial charge in [0.15, 0.2) is 0 Å². The van der Waals surface area contributed by atoms with Crippen LogP contribution in [0, 0.1) is 0 Å². The average Bonchev–Trinajstić information content (AvgIpc) is 2.97.